The van der Waals surface area contributed by atoms with E-state index in [2.05, 4.69) is 10.6 Å². The molecular formula is C20H16ClN3O6S. The van der Waals surface area contributed by atoms with Gasteiger partial charge in [0.05, 0.1) is 21.9 Å². The van der Waals surface area contributed by atoms with E-state index in [9.17, 15) is 23.2 Å². The molecule has 0 aliphatic rings. The van der Waals surface area contributed by atoms with E-state index in [1.54, 1.807) is 0 Å². The Labute approximate surface area is 182 Å². The van der Waals surface area contributed by atoms with Crippen LogP contribution in [0.3, 0.4) is 0 Å². The van der Waals surface area contributed by atoms with E-state index in [1.165, 1.54) is 60.7 Å². The van der Waals surface area contributed by atoms with Gasteiger partial charge in [0, 0.05) is 16.8 Å². The first kappa shape index (κ1) is 22.1. The van der Waals surface area contributed by atoms with Crippen molar-refractivity contribution in [1.29, 1.82) is 0 Å². The van der Waals surface area contributed by atoms with E-state index in [0.29, 0.717) is 10.7 Å². The predicted molar refractivity (Wildman–Crippen MR) is 112 cm³/mol. The van der Waals surface area contributed by atoms with E-state index in [4.69, 9.17) is 16.7 Å². The number of anilines is 1. The third-order valence-electron chi connectivity index (χ3n) is 4.23. The van der Waals surface area contributed by atoms with Gasteiger partial charge in [-0.05, 0) is 54.6 Å². The lowest BCUT2D eigenvalue weighted by Crippen LogP contribution is -2.37. The zero-order valence-electron chi connectivity index (χ0n) is 15.8. The van der Waals surface area contributed by atoms with Gasteiger partial charge < -0.3 is 20.9 Å². The Balaban J connectivity index is 1.66. The Morgan fingerprint density at radius 3 is 2.16 bits per heavy atom. The van der Waals surface area contributed by atoms with Gasteiger partial charge in [-0.1, -0.05) is 11.6 Å². The topological polar surface area (TPSA) is 140 Å². The number of hydrogen-bond donors (Lipinski definition) is 3. The van der Waals surface area contributed by atoms with Crippen molar-refractivity contribution in [3.05, 3.63) is 88.3 Å². The fourth-order valence-electron chi connectivity index (χ4n) is 2.72. The lowest BCUT2D eigenvalue weighted by Gasteiger charge is -2.10. The highest BCUT2D eigenvalue weighted by Crippen LogP contribution is 2.23. The van der Waals surface area contributed by atoms with Gasteiger partial charge in [0.25, 0.3) is 0 Å². The van der Waals surface area contributed by atoms with Crippen molar-refractivity contribution in [2.24, 2.45) is 0 Å². The summed E-state index contributed by atoms with van der Waals surface area (Å²) in [5.41, 5.74) is -0.0397. The summed E-state index contributed by atoms with van der Waals surface area (Å²) >= 11 is 5.79. The molecule has 0 saturated heterocycles. The van der Waals surface area contributed by atoms with Crippen molar-refractivity contribution in [2.75, 3.05) is 5.32 Å². The number of benzene rings is 2. The first-order valence-electron chi connectivity index (χ1n) is 8.78. The fourth-order valence-corrected chi connectivity index (χ4v) is 4.11. The lowest BCUT2D eigenvalue weighted by molar-refractivity contribution is -0.608. The molecule has 2 amide bonds. The number of carbonyl (C=O) groups is 2. The number of urea groups is 1. The van der Waals surface area contributed by atoms with Crippen LogP contribution < -0.4 is 15.4 Å². The monoisotopic (exact) mass is 461 g/mol. The van der Waals surface area contributed by atoms with Crippen LogP contribution in [0.2, 0.25) is 5.02 Å². The summed E-state index contributed by atoms with van der Waals surface area (Å²) in [7, 11) is -3.74. The molecule has 0 radical (unpaired) electrons. The molecule has 3 aromatic rings. The second-order valence-electron chi connectivity index (χ2n) is 6.30. The first-order valence-corrected chi connectivity index (χ1v) is 10.6. The van der Waals surface area contributed by atoms with Gasteiger partial charge in [0.1, 0.15) is 0 Å². The molecule has 31 heavy (non-hydrogen) atoms. The molecule has 0 unspecified atom stereocenters. The smallest absolute Gasteiger partial charge is 0.402 e. The predicted octanol–water partition coefficient (Wildman–Crippen LogP) is 2.83. The van der Waals surface area contributed by atoms with Gasteiger partial charge in [0.2, 0.25) is 9.84 Å². The van der Waals surface area contributed by atoms with Crippen LogP contribution in [0.4, 0.5) is 10.5 Å². The molecule has 2 aromatic carbocycles. The summed E-state index contributed by atoms with van der Waals surface area (Å²) in [5, 5.41) is 26.1. The minimum Gasteiger partial charge on any atom is -0.618 e. The van der Waals surface area contributed by atoms with Gasteiger partial charge in [-0.25, -0.2) is 18.0 Å². The molecule has 3 N–H and O–H groups in total. The summed E-state index contributed by atoms with van der Waals surface area (Å²) in [4.78, 5) is 23.4. The SMILES string of the molecule is O=C(NCc1ccc[n+]([O-])c1C(=O)O)Nc1ccc(S(=O)(=O)c2ccc(Cl)cc2)cc1. The van der Waals surface area contributed by atoms with Crippen molar-refractivity contribution in [3.63, 3.8) is 0 Å². The highest BCUT2D eigenvalue weighted by atomic mass is 35.5. The Bertz CT molecular complexity index is 1230. The van der Waals surface area contributed by atoms with E-state index >= 15 is 0 Å². The van der Waals surface area contributed by atoms with Crippen LogP contribution in [0.15, 0.2) is 76.7 Å². The molecule has 9 nitrogen and oxygen atoms in total. The van der Waals surface area contributed by atoms with Crippen LogP contribution in [0, 0.1) is 5.21 Å². The van der Waals surface area contributed by atoms with Crippen LogP contribution in [-0.2, 0) is 16.4 Å². The van der Waals surface area contributed by atoms with Crippen LogP contribution >= 0.6 is 11.6 Å². The third kappa shape index (κ3) is 5.11. The Morgan fingerprint density at radius 2 is 1.58 bits per heavy atom. The van der Waals surface area contributed by atoms with Crippen molar-refractivity contribution in [3.8, 4) is 0 Å². The number of sulfone groups is 1. The normalized spacial score (nSPS) is 11.0. The number of nitrogens with one attached hydrogen (secondary N) is 2. The fraction of sp³-hybridized carbons (Fsp3) is 0.0500. The number of carboxylic acids is 1. The molecule has 11 heteroatoms. The summed E-state index contributed by atoms with van der Waals surface area (Å²) in [6.45, 7) is -0.195. The Kier molecular flexibility index (Phi) is 6.42. The molecule has 160 valence electrons. The second kappa shape index (κ2) is 9.02. The van der Waals surface area contributed by atoms with Crippen LogP contribution in [0.1, 0.15) is 16.1 Å². The molecule has 0 atom stereocenters. The molecule has 3 rings (SSSR count). The van der Waals surface area contributed by atoms with Crippen molar-refractivity contribution < 1.29 is 27.8 Å². The van der Waals surface area contributed by atoms with Crippen molar-refractivity contribution in [2.45, 2.75) is 16.3 Å². The minimum atomic E-state index is -3.74. The molecule has 0 aliphatic heterocycles. The van der Waals surface area contributed by atoms with Gasteiger partial charge in [-0.2, -0.15) is 4.73 Å². The van der Waals surface area contributed by atoms with Crippen LogP contribution in [-0.4, -0.2) is 25.5 Å². The Morgan fingerprint density at radius 1 is 1.00 bits per heavy atom. The molecule has 0 saturated carbocycles. The van der Waals surface area contributed by atoms with Gasteiger partial charge in [0.15, 0.2) is 6.20 Å². The average Bonchev–Trinajstić information content (AvgIpc) is 2.72. The number of amides is 2. The van der Waals surface area contributed by atoms with E-state index < -0.39 is 27.5 Å². The van der Waals surface area contributed by atoms with E-state index in [1.807, 2.05) is 0 Å². The number of rotatable bonds is 6. The lowest BCUT2D eigenvalue weighted by atomic mass is 10.2. The zero-order valence-corrected chi connectivity index (χ0v) is 17.4. The number of carboxylic acid groups (broad SMARTS) is 1. The summed E-state index contributed by atoms with van der Waals surface area (Å²) in [5.74, 6) is -1.41. The van der Waals surface area contributed by atoms with Crippen LogP contribution in [0.25, 0.3) is 0 Å². The maximum absolute atomic E-state index is 12.6. The maximum Gasteiger partial charge on any atom is 0.402 e. The van der Waals surface area contributed by atoms with Crippen LogP contribution in [0.5, 0.6) is 0 Å². The van der Waals surface area contributed by atoms with Crippen molar-refractivity contribution >= 4 is 39.1 Å². The maximum atomic E-state index is 12.6. The van der Waals surface area contributed by atoms with Gasteiger partial charge >= 0.3 is 17.7 Å². The highest BCUT2D eigenvalue weighted by Gasteiger charge is 2.21. The number of aromatic carboxylic acids is 1. The van der Waals surface area contributed by atoms with E-state index in [0.717, 1.165) is 6.20 Å². The molecule has 0 bridgehead atoms. The molecule has 0 fully saturated rings. The Hall–Kier alpha value is -3.63. The van der Waals surface area contributed by atoms with E-state index in [-0.39, 0.29) is 26.6 Å². The summed E-state index contributed by atoms with van der Waals surface area (Å²) in [6, 6.07) is 13.4. The number of pyridine rings is 1. The average molecular weight is 462 g/mol. The highest BCUT2D eigenvalue weighted by molar-refractivity contribution is 7.91. The standard InChI is InChI=1S/C20H16ClN3O6S/c21-14-3-7-16(8-4-14)31(29,30)17-9-5-15(6-10-17)23-20(27)22-12-13-2-1-11-24(28)18(13)19(25)26/h1-11H,12H2,(H,25,26)(H2,22,23,27). The molecule has 0 spiro atoms. The molecule has 1 heterocycles. The number of nitrogens with zero attached hydrogens (tertiary/aromatic N) is 1. The zero-order chi connectivity index (χ0) is 22.6. The number of carbonyl (C=O) groups excluding carboxylic acids is 1. The quantitative estimate of drug-likeness (QED) is 0.381. The summed E-state index contributed by atoms with van der Waals surface area (Å²) in [6.07, 6.45) is 1.05. The third-order valence-corrected chi connectivity index (χ3v) is 6.27. The minimum absolute atomic E-state index is 0.0381. The number of hydrogen-bond acceptors (Lipinski definition) is 5. The summed E-state index contributed by atoms with van der Waals surface area (Å²) < 4.78 is 25.5. The molecule has 1 aromatic heterocycles. The number of halogens is 1. The van der Waals surface area contributed by atoms with Gasteiger partial charge in [-0.3, -0.25) is 0 Å². The molecule has 0 aliphatic carbocycles. The largest absolute Gasteiger partial charge is 0.618 e. The molecular weight excluding hydrogens is 446 g/mol. The number of aromatic nitrogens is 1. The first-order chi connectivity index (χ1) is 14.7. The van der Waals surface area contributed by atoms with Crippen molar-refractivity contribution in [1.82, 2.24) is 5.32 Å². The second-order valence-corrected chi connectivity index (χ2v) is 8.69. The van der Waals surface area contributed by atoms with Gasteiger partial charge in [-0.15, -0.1) is 0 Å².